The highest BCUT2D eigenvalue weighted by Crippen LogP contribution is 2.44. The lowest BCUT2D eigenvalue weighted by atomic mass is 9.76. The molecule has 190 valence electrons. The Balaban J connectivity index is 1.28. The van der Waals surface area contributed by atoms with Crippen LogP contribution in [0.4, 0.5) is 27.5 Å². The number of hydrogen-bond donors (Lipinski definition) is 2. The van der Waals surface area contributed by atoms with Crippen LogP contribution in [-0.4, -0.2) is 72.5 Å². The predicted molar refractivity (Wildman–Crippen MR) is 135 cm³/mol. The van der Waals surface area contributed by atoms with Crippen LogP contribution in [-0.2, 0) is 16.0 Å². The number of benzene rings is 1. The molecule has 2 saturated heterocycles. The molecule has 4 aliphatic rings. The van der Waals surface area contributed by atoms with Gasteiger partial charge in [-0.25, -0.2) is 9.37 Å². The number of amides is 2. The van der Waals surface area contributed by atoms with Crippen molar-refractivity contribution in [1.29, 1.82) is 0 Å². The van der Waals surface area contributed by atoms with Crippen LogP contribution in [0.25, 0.3) is 0 Å². The van der Waals surface area contributed by atoms with E-state index < -0.39 is 5.41 Å². The number of fused-ring (bicyclic) bond motifs is 1. The number of piperazine rings is 1. The molecule has 1 spiro atoms. The number of halogens is 1. The van der Waals surface area contributed by atoms with Crippen molar-refractivity contribution < 1.29 is 14.0 Å². The summed E-state index contributed by atoms with van der Waals surface area (Å²) in [5, 5.41) is 5.97. The lowest BCUT2D eigenvalue weighted by molar-refractivity contribution is -0.140. The molecule has 2 amide bonds. The number of carbonyl (C=O) groups excluding carboxylic acids is 2. The minimum absolute atomic E-state index is 0.0323. The van der Waals surface area contributed by atoms with Crippen molar-refractivity contribution in [2.24, 2.45) is 5.41 Å². The number of anilines is 4. The van der Waals surface area contributed by atoms with Crippen LogP contribution in [0.2, 0.25) is 0 Å². The first-order valence-electron chi connectivity index (χ1n) is 12.9. The molecule has 1 aromatic carbocycles. The molecule has 2 N–H and O–H groups in total. The molecule has 36 heavy (non-hydrogen) atoms. The third kappa shape index (κ3) is 3.87. The highest BCUT2D eigenvalue weighted by molar-refractivity contribution is 6.14. The fraction of sp³-hybridized carbons (Fsp3) is 0.538. The highest BCUT2D eigenvalue weighted by Gasteiger charge is 2.56. The van der Waals surface area contributed by atoms with E-state index in [1.807, 2.05) is 6.07 Å². The second-order valence-corrected chi connectivity index (χ2v) is 10.5. The quantitative estimate of drug-likeness (QED) is 0.632. The fourth-order valence-electron chi connectivity index (χ4n) is 6.08. The molecule has 0 radical (unpaired) electrons. The Morgan fingerprint density at radius 2 is 1.92 bits per heavy atom. The molecule has 4 heterocycles. The van der Waals surface area contributed by atoms with Gasteiger partial charge in [0.2, 0.25) is 17.8 Å². The molecule has 0 unspecified atom stereocenters. The first-order valence-corrected chi connectivity index (χ1v) is 12.9. The van der Waals surface area contributed by atoms with Crippen LogP contribution in [0, 0.1) is 11.2 Å². The zero-order valence-corrected chi connectivity index (χ0v) is 20.6. The average molecular weight is 494 g/mol. The van der Waals surface area contributed by atoms with Crippen molar-refractivity contribution in [2.75, 3.05) is 54.9 Å². The summed E-state index contributed by atoms with van der Waals surface area (Å²) in [6.45, 7) is 3.90. The third-order valence-electron chi connectivity index (χ3n) is 8.20. The van der Waals surface area contributed by atoms with Gasteiger partial charge < -0.3 is 20.4 Å². The number of rotatable bonds is 4. The van der Waals surface area contributed by atoms with Gasteiger partial charge in [-0.1, -0.05) is 12.8 Å². The minimum Gasteiger partial charge on any atom is -0.367 e. The molecule has 2 aromatic rings. The zero-order valence-electron chi connectivity index (χ0n) is 20.6. The second kappa shape index (κ2) is 8.99. The maximum atomic E-state index is 15.0. The maximum Gasteiger partial charge on any atom is 0.244 e. The summed E-state index contributed by atoms with van der Waals surface area (Å²) in [5.41, 5.74) is 0.890. The summed E-state index contributed by atoms with van der Waals surface area (Å²) < 4.78 is 15.0. The van der Waals surface area contributed by atoms with Crippen LogP contribution in [0.1, 0.15) is 37.7 Å². The van der Waals surface area contributed by atoms with Crippen molar-refractivity contribution in [1.82, 2.24) is 20.2 Å². The molecule has 10 heteroatoms. The molecule has 1 aliphatic carbocycles. The Hall–Kier alpha value is -3.27. The van der Waals surface area contributed by atoms with Gasteiger partial charge in [0.15, 0.2) is 0 Å². The van der Waals surface area contributed by atoms with Gasteiger partial charge in [-0.2, -0.15) is 4.98 Å². The number of carbonyl (C=O) groups is 2. The topological polar surface area (TPSA) is 93.7 Å². The molecular weight excluding hydrogens is 461 g/mol. The van der Waals surface area contributed by atoms with E-state index in [0.717, 1.165) is 57.4 Å². The van der Waals surface area contributed by atoms with Crippen molar-refractivity contribution in [2.45, 2.75) is 44.6 Å². The zero-order chi connectivity index (χ0) is 24.9. The molecular formula is C26H32FN7O2. The van der Waals surface area contributed by atoms with Gasteiger partial charge in [0.25, 0.3) is 0 Å². The Bertz CT molecular complexity index is 1190. The summed E-state index contributed by atoms with van der Waals surface area (Å²) in [6, 6.07) is 5.12. The Morgan fingerprint density at radius 3 is 2.61 bits per heavy atom. The van der Waals surface area contributed by atoms with Gasteiger partial charge in [-0.3, -0.25) is 14.5 Å². The van der Waals surface area contributed by atoms with E-state index in [4.69, 9.17) is 4.98 Å². The van der Waals surface area contributed by atoms with Gasteiger partial charge in [0, 0.05) is 62.6 Å². The van der Waals surface area contributed by atoms with Crippen LogP contribution >= 0.6 is 0 Å². The van der Waals surface area contributed by atoms with E-state index >= 15 is 4.39 Å². The van der Waals surface area contributed by atoms with Crippen molar-refractivity contribution in [3.05, 3.63) is 35.8 Å². The summed E-state index contributed by atoms with van der Waals surface area (Å²) in [6.07, 6.45) is 6.41. The largest absolute Gasteiger partial charge is 0.367 e. The minimum atomic E-state index is -1.06. The summed E-state index contributed by atoms with van der Waals surface area (Å²) >= 11 is 0. The normalized spacial score (nSPS) is 24.9. The monoisotopic (exact) mass is 493 g/mol. The first-order chi connectivity index (χ1) is 17.4. The van der Waals surface area contributed by atoms with Crippen LogP contribution in [0.15, 0.2) is 24.4 Å². The van der Waals surface area contributed by atoms with Gasteiger partial charge in [-0.15, -0.1) is 0 Å². The number of aromatic nitrogens is 2. The number of likely N-dealkylation sites (N-methyl/N-ethyl adjacent to an activating group) is 1. The molecule has 0 bridgehead atoms. The van der Waals surface area contributed by atoms with Gasteiger partial charge >= 0.3 is 0 Å². The Labute approximate surface area is 210 Å². The molecule has 6 rings (SSSR count). The van der Waals surface area contributed by atoms with E-state index in [9.17, 15) is 9.59 Å². The molecule has 1 atom stereocenters. The SMILES string of the molecule is CN1CCN(c2ccc(Nc3ncc4c(n3)N(C3CCCC3)C(=O)[C@]3(CCNC3=O)C4)cc2F)CC1. The van der Waals surface area contributed by atoms with E-state index in [1.165, 1.54) is 6.07 Å². The lowest BCUT2D eigenvalue weighted by Gasteiger charge is -2.40. The Kier molecular flexibility index (Phi) is 5.78. The predicted octanol–water partition coefficient (Wildman–Crippen LogP) is 2.45. The summed E-state index contributed by atoms with van der Waals surface area (Å²) in [4.78, 5) is 41.8. The second-order valence-electron chi connectivity index (χ2n) is 10.5. The van der Waals surface area contributed by atoms with Crippen molar-refractivity contribution in [3.8, 4) is 0 Å². The molecule has 1 aromatic heterocycles. The number of nitrogens with one attached hydrogen (secondary N) is 2. The number of hydrogen-bond acceptors (Lipinski definition) is 7. The van der Waals surface area contributed by atoms with E-state index in [1.54, 1.807) is 17.2 Å². The van der Waals surface area contributed by atoms with Gasteiger partial charge in [0.1, 0.15) is 17.1 Å². The third-order valence-corrected chi connectivity index (χ3v) is 8.20. The number of nitrogens with zero attached hydrogens (tertiary/aromatic N) is 5. The first kappa shape index (κ1) is 23.1. The lowest BCUT2D eigenvalue weighted by Crippen LogP contribution is -2.56. The molecule has 9 nitrogen and oxygen atoms in total. The van der Waals surface area contributed by atoms with Crippen molar-refractivity contribution >= 4 is 35.0 Å². The average Bonchev–Trinajstić information content (AvgIpc) is 3.52. The van der Waals surface area contributed by atoms with E-state index in [0.29, 0.717) is 42.5 Å². The molecule has 1 saturated carbocycles. The van der Waals surface area contributed by atoms with E-state index in [-0.39, 0.29) is 23.7 Å². The Morgan fingerprint density at radius 1 is 1.14 bits per heavy atom. The smallest absolute Gasteiger partial charge is 0.244 e. The fourth-order valence-corrected chi connectivity index (χ4v) is 6.08. The van der Waals surface area contributed by atoms with Crippen LogP contribution < -0.4 is 20.4 Å². The highest BCUT2D eigenvalue weighted by atomic mass is 19.1. The molecule has 3 fully saturated rings. The van der Waals surface area contributed by atoms with Crippen molar-refractivity contribution in [3.63, 3.8) is 0 Å². The van der Waals surface area contributed by atoms with Gasteiger partial charge in [-0.05, 0) is 44.5 Å². The summed E-state index contributed by atoms with van der Waals surface area (Å²) in [5.74, 6) is 0.246. The maximum absolute atomic E-state index is 15.0. The van der Waals surface area contributed by atoms with Crippen LogP contribution in [0.5, 0.6) is 0 Å². The van der Waals surface area contributed by atoms with Crippen LogP contribution in [0.3, 0.4) is 0 Å². The summed E-state index contributed by atoms with van der Waals surface area (Å²) in [7, 11) is 2.07. The standard InChI is InChI=1S/C26H32FN7O2/c1-32-10-12-33(13-11-32)21-7-6-18(14-20(21)27)30-25-29-16-17-15-26(8-9-28-23(26)35)24(36)34(22(17)31-25)19-4-2-3-5-19/h6-7,14,16,19H,2-5,8-13,15H2,1H3,(H,28,35)(H,29,30,31)/t26-/m1/s1. The molecule has 3 aliphatic heterocycles. The van der Waals surface area contributed by atoms with E-state index in [2.05, 4.69) is 32.5 Å². The van der Waals surface area contributed by atoms with Gasteiger partial charge in [0.05, 0.1) is 5.69 Å².